The number of hydrogen-bond donors (Lipinski definition) is 0. The Kier molecular flexibility index (Phi) is 4.37. The third kappa shape index (κ3) is 4.06. The first-order valence-corrected chi connectivity index (χ1v) is 6.24. The molecule has 1 aromatic rings. The van der Waals surface area contributed by atoms with Gasteiger partial charge in [-0.3, -0.25) is 0 Å². The number of halogens is 1. The lowest BCUT2D eigenvalue weighted by Gasteiger charge is -2.21. The van der Waals surface area contributed by atoms with Gasteiger partial charge >= 0.3 is 0 Å². The summed E-state index contributed by atoms with van der Waals surface area (Å²) in [7, 11) is 0. The van der Waals surface area contributed by atoms with Crippen LogP contribution in [-0.4, -0.2) is 18.0 Å². The van der Waals surface area contributed by atoms with Crippen LogP contribution in [0.1, 0.15) is 24.8 Å². The Labute approximate surface area is 108 Å². The summed E-state index contributed by atoms with van der Waals surface area (Å²) in [6.07, 6.45) is 3.83. The van der Waals surface area contributed by atoms with Crippen molar-refractivity contribution in [3.8, 4) is 23.8 Å². The summed E-state index contributed by atoms with van der Waals surface area (Å²) in [6.45, 7) is 2.16. The summed E-state index contributed by atoms with van der Waals surface area (Å²) in [5, 5.41) is 0.731. The Balaban J connectivity index is 1.93. The maximum Gasteiger partial charge on any atom is 0.0406 e. The van der Waals surface area contributed by atoms with Crippen LogP contribution in [0, 0.1) is 23.8 Å². The summed E-state index contributed by atoms with van der Waals surface area (Å²) in [5.41, 5.74) is 0.947. The SMILES string of the molecule is Clc1ccc(C#CC#CN2CCCCC2)cc1. The molecule has 0 atom stereocenters. The molecule has 1 saturated heterocycles. The van der Waals surface area contributed by atoms with Gasteiger partial charge in [0.1, 0.15) is 0 Å². The Bertz CT molecular complexity index is 476. The van der Waals surface area contributed by atoms with Gasteiger partial charge in [0.2, 0.25) is 0 Å². The molecule has 0 amide bonds. The van der Waals surface area contributed by atoms with Gasteiger partial charge in [0, 0.05) is 35.6 Å². The molecule has 2 rings (SSSR count). The maximum absolute atomic E-state index is 5.79. The van der Waals surface area contributed by atoms with Crippen molar-refractivity contribution >= 4 is 11.6 Å². The van der Waals surface area contributed by atoms with Gasteiger partial charge in [-0.05, 0) is 49.4 Å². The second kappa shape index (κ2) is 6.24. The number of nitrogens with zero attached hydrogens (tertiary/aromatic N) is 1. The molecule has 1 heterocycles. The summed E-state index contributed by atoms with van der Waals surface area (Å²) in [4.78, 5) is 2.15. The van der Waals surface area contributed by atoms with E-state index in [1.54, 1.807) is 0 Å². The van der Waals surface area contributed by atoms with Crippen LogP contribution in [0.4, 0.5) is 0 Å². The van der Waals surface area contributed by atoms with Crippen LogP contribution in [0.25, 0.3) is 0 Å². The van der Waals surface area contributed by atoms with E-state index < -0.39 is 0 Å². The molecule has 1 aliphatic heterocycles. The second-order valence-electron chi connectivity index (χ2n) is 4.04. The first-order valence-electron chi connectivity index (χ1n) is 5.87. The van der Waals surface area contributed by atoms with Crippen molar-refractivity contribution < 1.29 is 0 Å². The van der Waals surface area contributed by atoms with Crippen LogP contribution in [0.2, 0.25) is 5.02 Å². The molecule has 1 fully saturated rings. The minimum Gasteiger partial charge on any atom is -0.332 e. The molecule has 0 bridgehead atoms. The van der Waals surface area contributed by atoms with Crippen LogP contribution < -0.4 is 0 Å². The van der Waals surface area contributed by atoms with E-state index in [4.69, 9.17) is 11.6 Å². The third-order valence-corrected chi connectivity index (χ3v) is 2.94. The summed E-state index contributed by atoms with van der Waals surface area (Å²) < 4.78 is 0. The van der Waals surface area contributed by atoms with Crippen molar-refractivity contribution in [3.63, 3.8) is 0 Å². The lowest BCUT2D eigenvalue weighted by atomic mass is 10.1. The summed E-state index contributed by atoms with van der Waals surface area (Å²) in [5.74, 6) is 8.78. The normalized spacial score (nSPS) is 14.3. The highest BCUT2D eigenvalue weighted by molar-refractivity contribution is 6.30. The van der Waals surface area contributed by atoms with Gasteiger partial charge in [0.25, 0.3) is 0 Å². The molecule has 17 heavy (non-hydrogen) atoms. The molecule has 1 nitrogen and oxygen atoms in total. The van der Waals surface area contributed by atoms with Gasteiger partial charge < -0.3 is 4.90 Å². The number of hydrogen-bond acceptors (Lipinski definition) is 1. The van der Waals surface area contributed by atoms with E-state index in [0.29, 0.717) is 0 Å². The molecule has 0 aliphatic carbocycles. The smallest absolute Gasteiger partial charge is 0.0406 e. The molecule has 0 spiro atoms. The number of piperidine rings is 1. The van der Waals surface area contributed by atoms with E-state index in [2.05, 4.69) is 28.7 Å². The van der Waals surface area contributed by atoms with E-state index in [-0.39, 0.29) is 0 Å². The molecule has 86 valence electrons. The van der Waals surface area contributed by atoms with Crippen molar-refractivity contribution in [2.75, 3.05) is 13.1 Å². The van der Waals surface area contributed by atoms with Gasteiger partial charge in [-0.15, -0.1) is 0 Å². The summed E-state index contributed by atoms with van der Waals surface area (Å²) in [6, 6.07) is 10.6. The van der Waals surface area contributed by atoms with Crippen LogP contribution in [0.3, 0.4) is 0 Å². The molecule has 0 aromatic heterocycles. The Hall–Kier alpha value is -1.57. The molecular formula is C15H14ClN. The van der Waals surface area contributed by atoms with Gasteiger partial charge in [-0.25, -0.2) is 0 Å². The molecule has 0 unspecified atom stereocenters. The van der Waals surface area contributed by atoms with Crippen molar-refractivity contribution in [1.82, 2.24) is 4.90 Å². The quantitative estimate of drug-likeness (QED) is 0.633. The zero-order valence-electron chi connectivity index (χ0n) is 9.67. The Morgan fingerprint density at radius 3 is 2.35 bits per heavy atom. The minimum absolute atomic E-state index is 0.731. The van der Waals surface area contributed by atoms with E-state index in [9.17, 15) is 0 Å². The predicted octanol–water partition coefficient (Wildman–Crippen LogP) is 3.14. The Morgan fingerprint density at radius 2 is 1.65 bits per heavy atom. The predicted molar refractivity (Wildman–Crippen MR) is 71.5 cm³/mol. The zero-order valence-corrected chi connectivity index (χ0v) is 10.4. The highest BCUT2D eigenvalue weighted by atomic mass is 35.5. The molecule has 2 heteroatoms. The lowest BCUT2D eigenvalue weighted by molar-refractivity contribution is 0.327. The van der Waals surface area contributed by atoms with Crippen LogP contribution in [0.15, 0.2) is 24.3 Å². The second-order valence-corrected chi connectivity index (χ2v) is 4.48. The maximum atomic E-state index is 5.79. The monoisotopic (exact) mass is 243 g/mol. The third-order valence-electron chi connectivity index (χ3n) is 2.68. The van der Waals surface area contributed by atoms with E-state index in [1.165, 1.54) is 19.3 Å². The highest BCUT2D eigenvalue weighted by Crippen LogP contribution is 2.08. The standard InChI is InChI=1S/C15H14ClN/c16-15-9-7-14(8-10-15)6-2-5-13-17-11-3-1-4-12-17/h7-10H,1,3-4,11-12H2. The van der Waals surface area contributed by atoms with Gasteiger partial charge in [-0.2, -0.15) is 0 Å². The van der Waals surface area contributed by atoms with Gasteiger partial charge in [0.15, 0.2) is 0 Å². The number of likely N-dealkylation sites (tertiary alicyclic amines) is 1. The van der Waals surface area contributed by atoms with Crippen molar-refractivity contribution in [2.24, 2.45) is 0 Å². The van der Waals surface area contributed by atoms with Crippen LogP contribution in [-0.2, 0) is 0 Å². The van der Waals surface area contributed by atoms with Crippen molar-refractivity contribution in [3.05, 3.63) is 34.9 Å². The molecule has 0 radical (unpaired) electrons. The Morgan fingerprint density at radius 1 is 0.941 bits per heavy atom. The fourth-order valence-electron chi connectivity index (χ4n) is 1.75. The van der Waals surface area contributed by atoms with Gasteiger partial charge in [0.05, 0.1) is 0 Å². The molecule has 0 N–H and O–H groups in total. The van der Waals surface area contributed by atoms with Crippen LogP contribution >= 0.6 is 11.6 Å². The first kappa shape index (κ1) is 11.9. The van der Waals surface area contributed by atoms with E-state index >= 15 is 0 Å². The van der Waals surface area contributed by atoms with E-state index in [0.717, 1.165) is 23.7 Å². The number of benzene rings is 1. The fourth-order valence-corrected chi connectivity index (χ4v) is 1.88. The number of rotatable bonds is 0. The average Bonchev–Trinajstić information content (AvgIpc) is 2.38. The van der Waals surface area contributed by atoms with Crippen molar-refractivity contribution in [1.29, 1.82) is 0 Å². The zero-order chi connectivity index (χ0) is 11.9. The average molecular weight is 244 g/mol. The van der Waals surface area contributed by atoms with Gasteiger partial charge in [-0.1, -0.05) is 17.5 Å². The lowest BCUT2D eigenvalue weighted by Crippen LogP contribution is -2.24. The summed E-state index contributed by atoms with van der Waals surface area (Å²) >= 11 is 5.79. The molecule has 1 aromatic carbocycles. The molecule has 0 saturated carbocycles. The minimum atomic E-state index is 0.731. The molecule has 1 aliphatic rings. The highest BCUT2D eigenvalue weighted by Gasteiger charge is 2.04. The molecular weight excluding hydrogens is 230 g/mol. The fraction of sp³-hybridized carbons (Fsp3) is 0.333. The first-order chi connectivity index (χ1) is 8.34. The topological polar surface area (TPSA) is 3.24 Å². The largest absolute Gasteiger partial charge is 0.332 e. The van der Waals surface area contributed by atoms with Crippen LogP contribution in [0.5, 0.6) is 0 Å². The van der Waals surface area contributed by atoms with E-state index in [1.807, 2.05) is 24.3 Å². The van der Waals surface area contributed by atoms with Crippen molar-refractivity contribution in [2.45, 2.75) is 19.3 Å².